The lowest BCUT2D eigenvalue weighted by atomic mass is 10.1. The van der Waals surface area contributed by atoms with Crippen LogP contribution >= 0.6 is 11.3 Å². The van der Waals surface area contributed by atoms with E-state index in [9.17, 15) is 18.0 Å². The Kier molecular flexibility index (Phi) is 7.14. The molecule has 0 aliphatic heterocycles. The summed E-state index contributed by atoms with van der Waals surface area (Å²) in [6.07, 6.45) is 2.45. The molecule has 0 saturated carbocycles. The number of benzene rings is 2. The zero-order valence-electron chi connectivity index (χ0n) is 18.6. The molecule has 0 fully saturated rings. The number of hydrogen-bond acceptors (Lipinski definition) is 5. The summed E-state index contributed by atoms with van der Waals surface area (Å²) >= 11 is 1.30. The van der Waals surface area contributed by atoms with Gasteiger partial charge >= 0.3 is 11.8 Å². The number of rotatable bonds is 8. The number of para-hydroxylation sites is 1. The van der Waals surface area contributed by atoms with E-state index in [0.29, 0.717) is 11.3 Å². The highest BCUT2D eigenvalue weighted by atomic mass is 32.2. The predicted molar refractivity (Wildman–Crippen MR) is 133 cm³/mol. The maximum atomic E-state index is 13.3. The maximum Gasteiger partial charge on any atom is 0.309 e. The number of nitrogens with one attached hydrogen (secondary N) is 3. The Hall–Kier alpha value is -3.43. The van der Waals surface area contributed by atoms with Gasteiger partial charge in [0.25, 0.3) is 0 Å². The van der Waals surface area contributed by atoms with Crippen molar-refractivity contribution < 1.29 is 18.0 Å². The van der Waals surface area contributed by atoms with Gasteiger partial charge in [0.05, 0.1) is 4.90 Å². The highest BCUT2D eigenvalue weighted by Gasteiger charge is 2.31. The molecule has 3 N–H and O–H groups in total. The normalized spacial score (nSPS) is 12.4. The molecule has 0 saturated heterocycles. The van der Waals surface area contributed by atoms with Crippen LogP contribution in [0.3, 0.4) is 0 Å². The van der Waals surface area contributed by atoms with E-state index < -0.39 is 26.9 Å². The highest BCUT2D eigenvalue weighted by molar-refractivity contribution is 7.91. The summed E-state index contributed by atoms with van der Waals surface area (Å²) < 4.78 is 26.6. The molecule has 2 amide bonds. The molecule has 0 unspecified atom stereocenters. The Morgan fingerprint density at radius 3 is 2.44 bits per heavy atom. The largest absolute Gasteiger partial charge is 0.361 e. The van der Waals surface area contributed by atoms with E-state index in [4.69, 9.17) is 0 Å². The Balaban J connectivity index is 1.37. The fourth-order valence-corrected chi connectivity index (χ4v) is 6.51. The number of H-pyrrole nitrogens is 1. The lowest BCUT2D eigenvalue weighted by Crippen LogP contribution is -2.42. The van der Waals surface area contributed by atoms with Crippen molar-refractivity contribution in [3.8, 4) is 0 Å². The molecule has 0 aliphatic carbocycles. The van der Waals surface area contributed by atoms with Crippen LogP contribution in [0.15, 0.2) is 77.1 Å². The van der Waals surface area contributed by atoms with Gasteiger partial charge in [0.2, 0.25) is 0 Å². The smallest absolute Gasteiger partial charge is 0.309 e. The van der Waals surface area contributed by atoms with E-state index in [1.807, 2.05) is 37.4 Å². The number of hydrogen-bond donors (Lipinski definition) is 3. The third kappa shape index (κ3) is 5.21. The maximum absolute atomic E-state index is 13.3. The van der Waals surface area contributed by atoms with Crippen LogP contribution in [0.5, 0.6) is 0 Å². The zero-order chi connectivity index (χ0) is 24.1. The zero-order valence-corrected chi connectivity index (χ0v) is 20.2. The highest BCUT2D eigenvalue weighted by Crippen LogP contribution is 2.31. The topological polar surface area (TPSA) is 108 Å². The molecule has 0 aliphatic rings. The van der Waals surface area contributed by atoms with Crippen molar-refractivity contribution >= 4 is 43.9 Å². The molecular weight excluding hydrogens is 470 g/mol. The van der Waals surface area contributed by atoms with Crippen molar-refractivity contribution in [1.29, 1.82) is 0 Å². The van der Waals surface area contributed by atoms with Crippen LogP contribution in [0.2, 0.25) is 0 Å². The second-order valence-corrected chi connectivity index (χ2v) is 11.0. The number of thiophene rings is 1. The van der Waals surface area contributed by atoms with E-state index in [0.717, 1.165) is 22.0 Å². The molecule has 4 aromatic rings. The minimum atomic E-state index is -3.77. The SMILES string of the molecule is Cc1ccc(S(=O)(=O)[C@H](CNC(=O)C(=O)NCCc2c[nH]c3ccccc23)c2cccs2)cc1. The lowest BCUT2D eigenvalue weighted by molar-refractivity contribution is -0.139. The number of aryl methyl sites for hydroxylation is 1. The summed E-state index contributed by atoms with van der Waals surface area (Å²) in [5.41, 5.74) is 3.00. The third-order valence-corrected chi connectivity index (χ3v) is 8.83. The minimum Gasteiger partial charge on any atom is -0.361 e. The number of carbonyl (C=O) groups excluding carboxylic acids is 2. The first kappa shape index (κ1) is 23.7. The number of sulfone groups is 1. The van der Waals surface area contributed by atoms with E-state index in [-0.39, 0.29) is 18.0 Å². The first-order chi connectivity index (χ1) is 16.4. The molecule has 1 atom stereocenters. The number of aromatic amines is 1. The van der Waals surface area contributed by atoms with Gasteiger partial charge in [-0.05, 0) is 48.6 Å². The van der Waals surface area contributed by atoms with Gasteiger partial charge in [0, 0.05) is 35.1 Å². The van der Waals surface area contributed by atoms with Gasteiger partial charge in [0.1, 0.15) is 5.25 Å². The van der Waals surface area contributed by atoms with Gasteiger partial charge in [-0.15, -0.1) is 11.3 Å². The average Bonchev–Trinajstić information content (AvgIpc) is 3.50. The van der Waals surface area contributed by atoms with Crippen molar-refractivity contribution in [2.45, 2.75) is 23.5 Å². The van der Waals surface area contributed by atoms with Gasteiger partial charge in [-0.2, -0.15) is 0 Å². The molecule has 0 spiro atoms. The van der Waals surface area contributed by atoms with Crippen molar-refractivity contribution in [2.24, 2.45) is 0 Å². The number of aromatic nitrogens is 1. The second kappa shape index (κ2) is 10.2. The van der Waals surface area contributed by atoms with Crippen molar-refractivity contribution in [3.63, 3.8) is 0 Å². The Morgan fingerprint density at radius 2 is 1.71 bits per heavy atom. The Bertz CT molecular complexity index is 1390. The molecule has 7 nitrogen and oxygen atoms in total. The average molecular weight is 496 g/mol. The molecular formula is C25H25N3O4S2. The van der Waals surface area contributed by atoms with E-state index in [1.54, 1.807) is 41.8 Å². The van der Waals surface area contributed by atoms with Gasteiger partial charge in [-0.25, -0.2) is 8.42 Å². The van der Waals surface area contributed by atoms with Crippen LogP contribution in [0, 0.1) is 6.92 Å². The number of amides is 2. The quantitative estimate of drug-likeness (QED) is 0.325. The fraction of sp³-hybridized carbons (Fsp3) is 0.200. The summed E-state index contributed by atoms with van der Waals surface area (Å²) in [5, 5.41) is 6.98. The second-order valence-electron chi connectivity index (χ2n) is 7.94. The molecule has 2 heterocycles. The summed E-state index contributed by atoms with van der Waals surface area (Å²) in [7, 11) is -3.77. The molecule has 4 rings (SSSR count). The number of fused-ring (bicyclic) bond motifs is 1. The molecule has 34 heavy (non-hydrogen) atoms. The van der Waals surface area contributed by atoms with E-state index in [2.05, 4.69) is 15.6 Å². The Morgan fingerprint density at radius 1 is 0.971 bits per heavy atom. The summed E-state index contributed by atoms with van der Waals surface area (Å²) in [6.45, 7) is 1.96. The van der Waals surface area contributed by atoms with Crippen molar-refractivity contribution in [3.05, 3.63) is 88.2 Å². The van der Waals surface area contributed by atoms with Gasteiger partial charge < -0.3 is 15.6 Å². The molecule has 2 aromatic heterocycles. The summed E-state index contributed by atoms with van der Waals surface area (Å²) in [4.78, 5) is 28.7. The number of carbonyl (C=O) groups is 2. The standard InChI is InChI=1S/C25H25N3O4S2/c1-17-8-10-19(11-9-17)34(31,32)23(22-7-4-14-33-22)16-28-25(30)24(29)26-13-12-18-15-27-21-6-3-2-5-20(18)21/h2-11,14-15,23,27H,12-13,16H2,1H3,(H,26,29)(H,28,30)/t23-/m1/s1. The van der Waals surface area contributed by atoms with Crippen molar-refractivity contribution in [2.75, 3.05) is 13.1 Å². The van der Waals surface area contributed by atoms with Crippen LogP contribution in [0.4, 0.5) is 0 Å². The summed E-state index contributed by atoms with van der Waals surface area (Å²) in [5.74, 6) is -1.66. The van der Waals surface area contributed by atoms with Crippen LogP contribution in [-0.2, 0) is 25.8 Å². The van der Waals surface area contributed by atoms with Crippen molar-refractivity contribution in [1.82, 2.24) is 15.6 Å². The molecule has 0 radical (unpaired) electrons. The van der Waals surface area contributed by atoms with Crippen LogP contribution < -0.4 is 10.6 Å². The van der Waals surface area contributed by atoms with Gasteiger partial charge in [-0.1, -0.05) is 42.0 Å². The molecule has 176 valence electrons. The predicted octanol–water partition coefficient (Wildman–Crippen LogP) is 3.53. The molecule has 0 bridgehead atoms. The third-order valence-electron chi connectivity index (χ3n) is 5.59. The van der Waals surface area contributed by atoms with E-state index in [1.165, 1.54) is 11.3 Å². The lowest BCUT2D eigenvalue weighted by Gasteiger charge is -2.17. The monoisotopic (exact) mass is 495 g/mol. The minimum absolute atomic E-state index is 0.175. The fourth-order valence-electron chi connectivity index (χ4n) is 3.73. The molecule has 2 aromatic carbocycles. The van der Waals surface area contributed by atoms with Crippen LogP contribution in [0.25, 0.3) is 10.9 Å². The van der Waals surface area contributed by atoms with E-state index >= 15 is 0 Å². The molecule has 9 heteroatoms. The van der Waals surface area contributed by atoms with Crippen LogP contribution in [0.1, 0.15) is 21.3 Å². The first-order valence-corrected chi connectivity index (χ1v) is 13.2. The first-order valence-electron chi connectivity index (χ1n) is 10.8. The summed E-state index contributed by atoms with van der Waals surface area (Å²) in [6, 6.07) is 17.9. The van der Waals surface area contributed by atoms with Gasteiger partial charge in [0.15, 0.2) is 9.84 Å². The van der Waals surface area contributed by atoms with Gasteiger partial charge in [-0.3, -0.25) is 9.59 Å². The Labute approximate surface area is 202 Å². The van der Waals surface area contributed by atoms with Crippen LogP contribution in [-0.4, -0.2) is 38.3 Å².